The normalized spacial score (nSPS) is 23.3. The van der Waals surface area contributed by atoms with E-state index in [-0.39, 0.29) is 0 Å². The summed E-state index contributed by atoms with van der Waals surface area (Å²) >= 11 is 8.39. The summed E-state index contributed by atoms with van der Waals surface area (Å²) < 4.78 is 5.49. The van der Waals surface area contributed by atoms with Gasteiger partial charge in [0.1, 0.15) is 5.75 Å². The molecule has 1 N–H and O–H groups in total. The van der Waals surface area contributed by atoms with Gasteiger partial charge in [0.2, 0.25) is 0 Å². The Hall–Kier alpha value is -0.380. The van der Waals surface area contributed by atoms with Crippen LogP contribution in [0.5, 0.6) is 5.75 Å². The molecule has 18 heavy (non-hydrogen) atoms. The van der Waals surface area contributed by atoms with Crippen LogP contribution in [0.4, 0.5) is 0 Å². The predicted molar refractivity (Wildman–Crippen MR) is 79.8 cm³/mol. The van der Waals surface area contributed by atoms with Crippen LogP contribution in [-0.2, 0) is 5.75 Å². The molecule has 0 amide bonds. The Morgan fingerprint density at radius 1 is 1.50 bits per heavy atom. The first kappa shape index (κ1) is 14.0. The minimum Gasteiger partial charge on any atom is -0.496 e. The van der Waals surface area contributed by atoms with Crippen LogP contribution in [0, 0.1) is 0 Å². The highest BCUT2D eigenvalue weighted by molar-refractivity contribution is 7.99. The number of methoxy groups -OCH3 is 1. The molecule has 1 aromatic rings. The lowest BCUT2D eigenvalue weighted by molar-refractivity contribution is 0.409. The van der Waals surface area contributed by atoms with E-state index in [9.17, 15) is 0 Å². The first-order valence-corrected chi connectivity index (χ1v) is 7.80. The van der Waals surface area contributed by atoms with Gasteiger partial charge in [-0.25, -0.2) is 0 Å². The molecule has 0 saturated heterocycles. The quantitative estimate of drug-likeness (QED) is 0.906. The molecule has 4 heteroatoms. The number of hydrogen-bond acceptors (Lipinski definition) is 3. The number of thioether (sulfide) groups is 1. The Bertz CT molecular complexity index is 425. The van der Waals surface area contributed by atoms with E-state index in [1.54, 1.807) is 7.11 Å². The molecule has 1 aliphatic rings. The summed E-state index contributed by atoms with van der Waals surface area (Å²) in [6.45, 7) is 5.37. The molecular formula is C14H20ClNOS. The molecule has 0 fully saturated rings. The minimum absolute atomic E-state index is 0.331. The second-order valence-electron chi connectivity index (χ2n) is 4.61. The zero-order valence-electron chi connectivity index (χ0n) is 11.1. The number of ether oxygens (including phenoxy) is 1. The molecule has 1 aliphatic heterocycles. The van der Waals surface area contributed by atoms with Crippen molar-refractivity contribution in [1.29, 1.82) is 0 Å². The summed E-state index contributed by atoms with van der Waals surface area (Å²) in [6.07, 6.45) is 1.11. The highest BCUT2D eigenvalue weighted by Crippen LogP contribution is 2.42. The SMILES string of the molecule is CCNC1CC(C)SCc2c(OC)ccc(Cl)c21. The van der Waals surface area contributed by atoms with Gasteiger partial charge in [0.15, 0.2) is 0 Å². The van der Waals surface area contributed by atoms with Crippen LogP contribution in [-0.4, -0.2) is 18.9 Å². The molecule has 2 nitrogen and oxygen atoms in total. The molecule has 1 heterocycles. The predicted octanol–water partition coefficient (Wildman–Crippen LogP) is 4.02. The van der Waals surface area contributed by atoms with Crippen molar-refractivity contribution in [2.75, 3.05) is 13.7 Å². The topological polar surface area (TPSA) is 21.3 Å². The molecule has 0 radical (unpaired) electrons. The molecule has 0 aliphatic carbocycles. The summed E-state index contributed by atoms with van der Waals surface area (Å²) in [7, 11) is 1.73. The third kappa shape index (κ3) is 2.79. The average Bonchev–Trinajstić information content (AvgIpc) is 2.51. The Morgan fingerprint density at radius 2 is 2.28 bits per heavy atom. The number of fused-ring (bicyclic) bond motifs is 1. The lowest BCUT2D eigenvalue weighted by Crippen LogP contribution is -2.23. The second-order valence-corrected chi connectivity index (χ2v) is 6.44. The third-order valence-electron chi connectivity index (χ3n) is 3.36. The van der Waals surface area contributed by atoms with Crippen molar-refractivity contribution in [2.45, 2.75) is 37.3 Å². The van der Waals surface area contributed by atoms with Gasteiger partial charge in [0, 0.05) is 27.6 Å². The Morgan fingerprint density at radius 3 is 2.94 bits per heavy atom. The van der Waals surface area contributed by atoms with E-state index in [1.807, 2.05) is 23.9 Å². The van der Waals surface area contributed by atoms with Crippen LogP contribution < -0.4 is 10.1 Å². The maximum absolute atomic E-state index is 6.42. The Kier molecular flexibility index (Phi) is 4.82. The average molecular weight is 286 g/mol. The van der Waals surface area contributed by atoms with Crippen LogP contribution in [0.1, 0.15) is 37.4 Å². The van der Waals surface area contributed by atoms with Crippen molar-refractivity contribution in [2.24, 2.45) is 0 Å². The smallest absolute Gasteiger partial charge is 0.123 e. The fourth-order valence-electron chi connectivity index (χ4n) is 2.51. The van der Waals surface area contributed by atoms with E-state index in [0.29, 0.717) is 11.3 Å². The van der Waals surface area contributed by atoms with Gasteiger partial charge in [0.05, 0.1) is 7.11 Å². The highest BCUT2D eigenvalue weighted by atomic mass is 35.5. The van der Waals surface area contributed by atoms with Crippen LogP contribution in [0.25, 0.3) is 0 Å². The molecule has 0 bridgehead atoms. The second kappa shape index (κ2) is 6.18. The monoisotopic (exact) mass is 285 g/mol. The van der Waals surface area contributed by atoms with Gasteiger partial charge in [-0.15, -0.1) is 0 Å². The third-order valence-corrected chi connectivity index (χ3v) is 4.91. The highest BCUT2D eigenvalue weighted by Gasteiger charge is 2.26. The van der Waals surface area contributed by atoms with Gasteiger partial charge in [-0.2, -0.15) is 11.8 Å². The van der Waals surface area contributed by atoms with Crippen LogP contribution in [0.2, 0.25) is 5.02 Å². The fourth-order valence-corrected chi connectivity index (χ4v) is 3.89. The van der Waals surface area contributed by atoms with E-state index in [0.717, 1.165) is 29.5 Å². The maximum atomic E-state index is 6.42. The van der Waals surface area contributed by atoms with Crippen molar-refractivity contribution < 1.29 is 4.74 Å². The zero-order valence-corrected chi connectivity index (χ0v) is 12.7. The zero-order chi connectivity index (χ0) is 13.1. The van der Waals surface area contributed by atoms with Crippen LogP contribution >= 0.6 is 23.4 Å². The molecule has 0 spiro atoms. The molecule has 2 unspecified atom stereocenters. The molecule has 1 aromatic carbocycles. The van der Waals surface area contributed by atoms with E-state index in [4.69, 9.17) is 16.3 Å². The number of benzene rings is 1. The molecule has 2 atom stereocenters. The molecule has 0 saturated carbocycles. The summed E-state index contributed by atoms with van der Waals surface area (Å²) in [5, 5.41) is 5.03. The lowest BCUT2D eigenvalue weighted by Gasteiger charge is -2.22. The van der Waals surface area contributed by atoms with E-state index >= 15 is 0 Å². The summed E-state index contributed by atoms with van der Waals surface area (Å²) in [6, 6.07) is 4.25. The van der Waals surface area contributed by atoms with Gasteiger partial charge in [-0.05, 0) is 30.7 Å². The van der Waals surface area contributed by atoms with Crippen molar-refractivity contribution in [3.05, 3.63) is 28.3 Å². The Balaban J connectivity index is 2.49. The first-order valence-electron chi connectivity index (χ1n) is 6.37. The van der Waals surface area contributed by atoms with Crippen LogP contribution in [0.15, 0.2) is 12.1 Å². The molecule has 0 aromatic heterocycles. The molecule has 100 valence electrons. The molecular weight excluding hydrogens is 266 g/mol. The van der Waals surface area contributed by atoms with E-state index < -0.39 is 0 Å². The van der Waals surface area contributed by atoms with Crippen molar-refractivity contribution >= 4 is 23.4 Å². The van der Waals surface area contributed by atoms with E-state index in [2.05, 4.69) is 19.2 Å². The van der Waals surface area contributed by atoms with Crippen molar-refractivity contribution in [3.8, 4) is 5.75 Å². The Labute approximate surface area is 118 Å². The minimum atomic E-state index is 0.331. The maximum Gasteiger partial charge on any atom is 0.123 e. The summed E-state index contributed by atoms with van der Waals surface area (Å²) in [5.41, 5.74) is 2.49. The van der Waals surface area contributed by atoms with Crippen LogP contribution in [0.3, 0.4) is 0 Å². The largest absolute Gasteiger partial charge is 0.496 e. The van der Waals surface area contributed by atoms with Crippen molar-refractivity contribution in [1.82, 2.24) is 5.32 Å². The fraction of sp³-hybridized carbons (Fsp3) is 0.571. The van der Waals surface area contributed by atoms with Crippen molar-refractivity contribution in [3.63, 3.8) is 0 Å². The standard InChI is InChI=1S/C14H20ClNOS/c1-4-16-12-7-9(2)18-8-10-13(17-3)6-5-11(15)14(10)12/h5-6,9,12,16H,4,7-8H2,1-3H3. The number of nitrogens with one attached hydrogen (secondary N) is 1. The van der Waals surface area contributed by atoms with Gasteiger partial charge < -0.3 is 10.1 Å². The van der Waals surface area contributed by atoms with Gasteiger partial charge in [-0.1, -0.05) is 25.4 Å². The summed E-state index contributed by atoms with van der Waals surface area (Å²) in [4.78, 5) is 0. The van der Waals surface area contributed by atoms with E-state index in [1.165, 1.54) is 11.1 Å². The summed E-state index contributed by atoms with van der Waals surface area (Å²) in [5.74, 6) is 1.93. The number of rotatable bonds is 3. The first-order chi connectivity index (χ1) is 8.67. The van der Waals surface area contributed by atoms with Gasteiger partial charge >= 0.3 is 0 Å². The molecule has 2 rings (SSSR count). The number of halogens is 1. The van der Waals surface area contributed by atoms with Gasteiger partial charge in [0.25, 0.3) is 0 Å². The lowest BCUT2D eigenvalue weighted by atomic mass is 9.97. The number of hydrogen-bond donors (Lipinski definition) is 1. The van der Waals surface area contributed by atoms with Gasteiger partial charge in [-0.3, -0.25) is 0 Å².